The van der Waals surface area contributed by atoms with Gasteiger partial charge in [0.05, 0.1) is 18.7 Å². The first kappa shape index (κ1) is 31.4. The molecule has 40 heavy (non-hydrogen) atoms. The highest BCUT2D eigenvalue weighted by atomic mass is 31.2. The molecule has 3 aromatic rings. The predicted molar refractivity (Wildman–Crippen MR) is 167 cm³/mol. The molecule has 1 unspecified atom stereocenters. The lowest BCUT2D eigenvalue weighted by molar-refractivity contribution is -0.148. The van der Waals surface area contributed by atoms with Crippen molar-refractivity contribution in [3.63, 3.8) is 0 Å². The van der Waals surface area contributed by atoms with Crippen LogP contribution in [0.15, 0.2) is 91.0 Å². The summed E-state index contributed by atoms with van der Waals surface area (Å²) in [6.45, 7) is 8.17. The molecule has 6 heteroatoms. The largest absolute Gasteiger partial charge is 0.466 e. The summed E-state index contributed by atoms with van der Waals surface area (Å²) in [4.78, 5) is 26.8. The van der Waals surface area contributed by atoms with Gasteiger partial charge in [-0.2, -0.15) is 0 Å². The van der Waals surface area contributed by atoms with Crippen LogP contribution < -0.4 is 15.9 Å². The molecule has 1 atom stereocenters. The van der Waals surface area contributed by atoms with E-state index in [9.17, 15) is 9.59 Å². The van der Waals surface area contributed by atoms with E-state index in [1.54, 1.807) is 11.9 Å². The average Bonchev–Trinajstić information content (AvgIpc) is 2.95. The summed E-state index contributed by atoms with van der Waals surface area (Å²) in [7, 11) is -0.183. The molecule has 0 aliphatic carbocycles. The van der Waals surface area contributed by atoms with E-state index in [0.29, 0.717) is 19.6 Å². The van der Waals surface area contributed by atoms with Crippen molar-refractivity contribution in [2.24, 2.45) is 5.92 Å². The second-order valence-corrected chi connectivity index (χ2v) is 14.8. The first-order valence-corrected chi connectivity index (χ1v) is 16.3. The molecule has 3 aromatic carbocycles. The summed E-state index contributed by atoms with van der Waals surface area (Å²) < 4.78 is 10.9. The number of benzene rings is 3. The number of ether oxygens (including phenoxy) is 2. The second-order valence-electron chi connectivity index (χ2n) is 11.2. The third kappa shape index (κ3) is 8.66. The Morgan fingerprint density at radius 1 is 0.775 bits per heavy atom. The normalized spacial score (nSPS) is 12.4. The van der Waals surface area contributed by atoms with Crippen LogP contribution in [-0.2, 0) is 14.3 Å². The van der Waals surface area contributed by atoms with Gasteiger partial charge in [0.15, 0.2) is 0 Å². The fourth-order valence-electron chi connectivity index (χ4n) is 5.04. The molecule has 0 radical (unpaired) electrons. The van der Waals surface area contributed by atoms with Gasteiger partial charge in [-0.05, 0) is 89.8 Å². The van der Waals surface area contributed by atoms with Crippen LogP contribution in [0, 0.1) is 5.92 Å². The van der Waals surface area contributed by atoms with Gasteiger partial charge in [-0.3, -0.25) is 4.79 Å². The summed E-state index contributed by atoms with van der Waals surface area (Å²) in [6, 6.07) is 32.6. The molecule has 214 valence electrons. The number of carbonyl (C=O) groups is 2. The molecule has 5 nitrogen and oxygen atoms in total. The monoisotopic (exact) mass is 562 g/mol. The summed E-state index contributed by atoms with van der Waals surface area (Å²) >= 11 is 0. The smallest absolute Gasteiger partial charge is 0.410 e. The Labute approximate surface area is 241 Å². The van der Waals surface area contributed by atoms with Crippen molar-refractivity contribution in [3.05, 3.63) is 91.0 Å². The number of unbranched alkanes of at least 4 members (excludes halogenated alkanes) is 1. The molecule has 0 aromatic heterocycles. The highest BCUT2D eigenvalue weighted by Crippen LogP contribution is 2.56. The Bertz CT molecular complexity index is 1080. The molecule has 0 heterocycles. The van der Waals surface area contributed by atoms with Crippen LogP contribution in [-0.4, -0.2) is 48.9 Å². The maximum absolute atomic E-state index is 12.9. The molecule has 0 aliphatic rings. The first-order chi connectivity index (χ1) is 19.2. The molecular weight excluding hydrogens is 517 g/mol. The minimum Gasteiger partial charge on any atom is -0.466 e. The highest BCUT2D eigenvalue weighted by molar-refractivity contribution is 7.95. The summed E-state index contributed by atoms with van der Waals surface area (Å²) in [6.07, 6.45) is 3.78. The third-order valence-electron chi connectivity index (χ3n) is 7.03. The Morgan fingerprint density at radius 2 is 1.25 bits per heavy atom. The summed E-state index contributed by atoms with van der Waals surface area (Å²) in [5.74, 6) is -0.446. The Morgan fingerprint density at radius 3 is 1.68 bits per heavy atom. The number of carbonyl (C=O) groups excluding carboxylic acids is 2. The predicted octanol–water partition coefficient (Wildman–Crippen LogP) is 6.59. The standard InChI is InChI=1S/C34H45NO4P/c1-6-38-32(36)28(25-26-35(5)33(37)39-34(2,3)4)18-16-17-27-40(29-19-10-7-11-20-29,30-21-12-8-13-22-30)31-23-14-9-15-24-31/h7-15,19-24,28H,6,16-18,25-27H2,1-5H3/q+1. The molecular formula is C34H45NO4P+. The zero-order valence-corrected chi connectivity index (χ0v) is 25.6. The van der Waals surface area contributed by atoms with E-state index in [0.717, 1.165) is 25.4 Å². The van der Waals surface area contributed by atoms with Gasteiger partial charge < -0.3 is 14.4 Å². The first-order valence-electron chi connectivity index (χ1n) is 14.3. The van der Waals surface area contributed by atoms with Crippen LogP contribution in [0.2, 0.25) is 0 Å². The van der Waals surface area contributed by atoms with E-state index < -0.39 is 12.9 Å². The molecule has 0 saturated carbocycles. The van der Waals surface area contributed by atoms with Crippen LogP contribution in [0.1, 0.15) is 53.4 Å². The molecule has 0 fully saturated rings. The van der Waals surface area contributed by atoms with Crippen molar-refractivity contribution in [1.82, 2.24) is 4.90 Å². The number of amides is 1. The lowest BCUT2D eigenvalue weighted by Crippen LogP contribution is -2.36. The molecule has 0 bridgehead atoms. The lowest BCUT2D eigenvalue weighted by Gasteiger charge is -2.28. The van der Waals surface area contributed by atoms with E-state index in [-0.39, 0.29) is 18.0 Å². The summed E-state index contributed by atoms with van der Waals surface area (Å²) in [5, 5.41) is 4.11. The Kier molecular flexibility index (Phi) is 11.8. The quantitative estimate of drug-likeness (QED) is 0.134. The molecule has 1 amide bonds. The lowest BCUT2D eigenvalue weighted by atomic mass is 9.98. The van der Waals surface area contributed by atoms with Gasteiger partial charge in [-0.25, -0.2) is 4.79 Å². The SMILES string of the molecule is CCOC(=O)C(CCCC[P+](c1ccccc1)(c1ccccc1)c1ccccc1)CCN(C)C(=O)OC(C)(C)C. The van der Waals surface area contributed by atoms with Crippen molar-refractivity contribution in [1.29, 1.82) is 0 Å². The van der Waals surface area contributed by atoms with Crippen molar-refractivity contribution >= 4 is 35.2 Å². The molecule has 0 saturated heterocycles. The number of hydrogen-bond acceptors (Lipinski definition) is 4. The maximum Gasteiger partial charge on any atom is 0.410 e. The second kappa shape index (κ2) is 15.0. The minimum absolute atomic E-state index is 0.185. The topological polar surface area (TPSA) is 55.8 Å². The third-order valence-corrected chi connectivity index (χ3v) is 11.6. The van der Waals surface area contributed by atoms with E-state index in [1.807, 2.05) is 27.7 Å². The number of esters is 1. The van der Waals surface area contributed by atoms with Crippen LogP contribution >= 0.6 is 7.26 Å². The van der Waals surface area contributed by atoms with Crippen molar-refractivity contribution in [2.75, 3.05) is 26.4 Å². The zero-order chi connectivity index (χ0) is 29.0. The summed E-state index contributed by atoms with van der Waals surface area (Å²) in [5.41, 5.74) is -0.558. The van der Waals surface area contributed by atoms with Crippen LogP contribution in [0.5, 0.6) is 0 Å². The molecule has 0 aliphatic heterocycles. The fraction of sp³-hybridized carbons (Fsp3) is 0.412. The van der Waals surface area contributed by atoms with Crippen molar-refractivity contribution in [3.8, 4) is 0 Å². The van der Waals surface area contributed by atoms with E-state index >= 15 is 0 Å². The van der Waals surface area contributed by atoms with E-state index in [2.05, 4.69) is 91.0 Å². The molecule has 3 rings (SSSR count). The van der Waals surface area contributed by atoms with Crippen LogP contribution in [0.4, 0.5) is 4.79 Å². The molecule has 0 N–H and O–H groups in total. The number of nitrogens with zero attached hydrogens (tertiary/aromatic N) is 1. The number of hydrogen-bond donors (Lipinski definition) is 0. The van der Waals surface area contributed by atoms with Gasteiger partial charge in [0.1, 0.15) is 28.8 Å². The van der Waals surface area contributed by atoms with Gasteiger partial charge in [0.2, 0.25) is 0 Å². The van der Waals surface area contributed by atoms with Crippen LogP contribution in [0.25, 0.3) is 0 Å². The van der Waals surface area contributed by atoms with Crippen molar-refractivity contribution in [2.45, 2.75) is 59.0 Å². The van der Waals surface area contributed by atoms with Crippen molar-refractivity contribution < 1.29 is 19.1 Å². The minimum atomic E-state index is -1.90. The van der Waals surface area contributed by atoms with Gasteiger partial charge >= 0.3 is 12.1 Å². The Hall–Kier alpha value is -3.17. The van der Waals surface area contributed by atoms with Gasteiger partial charge in [-0.1, -0.05) is 54.6 Å². The van der Waals surface area contributed by atoms with Gasteiger partial charge in [0.25, 0.3) is 0 Å². The zero-order valence-electron chi connectivity index (χ0n) is 24.7. The Balaban J connectivity index is 1.77. The van der Waals surface area contributed by atoms with E-state index in [1.165, 1.54) is 15.9 Å². The number of rotatable bonds is 13. The highest BCUT2D eigenvalue weighted by Gasteiger charge is 2.44. The maximum atomic E-state index is 12.9. The fourth-order valence-corrected chi connectivity index (χ4v) is 9.45. The van der Waals surface area contributed by atoms with Gasteiger partial charge in [-0.15, -0.1) is 0 Å². The average molecular weight is 563 g/mol. The van der Waals surface area contributed by atoms with Crippen LogP contribution in [0.3, 0.4) is 0 Å². The van der Waals surface area contributed by atoms with Gasteiger partial charge in [0, 0.05) is 13.6 Å². The molecule has 0 spiro atoms. The van der Waals surface area contributed by atoms with E-state index in [4.69, 9.17) is 9.47 Å².